The standard InChI is InChI=1S/C12H27NO2S/c1-5-9-13-11-12(3,4)8-7-10-16(14,15)6-2/h13H,5-11H2,1-4H3. The molecule has 0 amide bonds. The van der Waals surface area contributed by atoms with Crippen LogP contribution >= 0.6 is 0 Å². The Kier molecular flexibility index (Phi) is 7.24. The number of hydrogen-bond donors (Lipinski definition) is 1. The molecule has 0 fully saturated rings. The summed E-state index contributed by atoms with van der Waals surface area (Å²) in [5.41, 5.74) is 0.193. The SMILES string of the molecule is CCCNCC(C)(C)CCCS(=O)(=O)CC. The molecule has 0 rings (SSSR count). The third-order valence-corrected chi connectivity index (χ3v) is 4.57. The molecule has 0 saturated carbocycles. The van der Waals surface area contributed by atoms with Gasteiger partial charge in [-0.3, -0.25) is 0 Å². The fourth-order valence-electron chi connectivity index (χ4n) is 1.61. The maximum absolute atomic E-state index is 11.3. The van der Waals surface area contributed by atoms with Crippen molar-refractivity contribution in [3.63, 3.8) is 0 Å². The lowest BCUT2D eigenvalue weighted by Gasteiger charge is -2.24. The first-order valence-electron chi connectivity index (χ1n) is 6.24. The van der Waals surface area contributed by atoms with E-state index in [9.17, 15) is 8.42 Å². The van der Waals surface area contributed by atoms with E-state index in [4.69, 9.17) is 0 Å². The van der Waals surface area contributed by atoms with Gasteiger partial charge in [0.1, 0.15) is 9.84 Å². The molecule has 0 saturated heterocycles. The summed E-state index contributed by atoms with van der Waals surface area (Å²) >= 11 is 0. The van der Waals surface area contributed by atoms with Gasteiger partial charge in [0, 0.05) is 12.3 Å². The molecule has 0 aliphatic rings. The van der Waals surface area contributed by atoms with Gasteiger partial charge >= 0.3 is 0 Å². The van der Waals surface area contributed by atoms with Crippen molar-refractivity contribution < 1.29 is 8.42 Å². The molecular weight excluding hydrogens is 222 g/mol. The summed E-state index contributed by atoms with van der Waals surface area (Å²) in [5.74, 6) is 0.599. The topological polar surface area (TPSA) is 46.2 Å². The van der Waals surface area contributed by atoms with E-state index in [0.29, 0.717) is 5.75 Å². The molecule has 1 N–H and O–H groups in total. The van der Waals surface area contributed by atoms with Crippen molar-refractivity contribution in [2.75, 3.05) is 24.6 Å². The Labute approximate surface area is 101 Å². The summed E-state index contributed by atoms with van der Waals surface area (Å²) in [7, 11) is -2.79. The Morgan fingerprint density at radius 3 is 2.31 bits per heavy atom. The van der Waals surface area contributed by atoms with Crippen LogP contribution in [0.5, 0.6) is 0 Å². The summed E-state index contributed by atoms with van der Waals surface area (Å²) in [5, 5.41) is 3.39. The average molecular weight is 249 g/mol. The van der Waals surface area contributed by atoms with Crippen LogP contribution < -0.4 is 5.32 Å². The lowest BCUT2D eigenvalue weighted by atomic mass is 9.88. The van der Waals surface area contributed by atoms with E-state index in [1.165, 1.54) is 0 Å². The highest BCUT2D eigenvalue weighted by Crippen LogP contribution is 2.21. The molecule has 0 atom stereocenters. The Balaban J connectivity index is 3.82. The number of nitrogens with one attached hydrogen (secondary N) is 1. The first-order chi connectivity index (χ1) is 7.33. The molecule has 0 aliphatic carbocycles. The van der Waals surface area contributed by atoms with Gasteiger partial charge in [0.2, 0.25) is 0 Å². The predicted octanol–water partition coefficient (Wildman–Crippen LogP) is 2.23. The summed E-state index contributed by atoms with van der Waals surface area (Å²) in [6.45, 7) is 10.2. The van der Waals surface area contributed by atoms with E-state index in [-0.39, 0.29) is 11.2 Å². The minimum absolute atomic E-state index is 0.193. The highest BCUT2D eigenvalue weighted by atomic mass is 32.2. The van der Waals surface area contributed by atoms with Crippen molar-refractivity contribution in [2.45, 2.75) is 47.0 Å². The summed E-state index contributed by atoms with van der Waals surface area (Å²) in [6, 6.07) is 0. The van der Waals surface area contributed by atoms with Crippen LogP contribution in [0.2, 0.25) is 0 Å². The second kappa shape index (κ2) is 7.28. The fraction of sp³-hybridized carbons (Fsp3) is 1.00. The zero-order valence-corrected chi connectivity index (χ0v) is 12.0. The van der Waals surface area contributed by atoms with Crippen LogP contribution in [0.4, 0.5) is 0 Å². The zero-order valence-electron chi connectivity index (χ0n) is 11.2. The number of hydrogen-bond acceptors (Lipinski definition) is 3. The maximum atomic E-state index is 11.3. The van der Waals surface area contributed by atoms with Gasteiger partial charge in [-0.25, -0.2) is 8.42 Å². The van der Waals surface area contributed by atoms with Crippen molar-refractivity contribution >= 4 is 9.84 Å². The van der Waals surface area contributed by atoms with Crippen LogP contribution in [0.15, 0.2) is 0 Å². The first kappa shape index (κ1) is 15.9. The van der Waals surface area contributed by atoms with Gasteiger partial charge < -0.3 is 5.32 Å². The molecule has 0 aliphatic heterocycles. The molecule has 0 unspecified atom stereocenters. The number of sulfone groups is 1. The first-order valence-corrected chi connectivity index (χ1v) is 8.06. The van der Waals surface area contributed by atoms with Crippen molar-refractivity contribution in [1.82, 2.24) is 5.32 Å². The highest BCUT2D eigenvalue weighted by molar-refractivity contribution is 7.91. The van der Waals surface area contributed by atoms with E-state index in [1.54, 1.807) is 6.92 Å². The third kappa shape index (κ3) is 8.11. The van der Waals surface area contributed by atoms with Gasteiger partial charge in [0.25, 0.3) is 0 Å². The zero-order chi connectivity index (χ0) is 12.7. The number of rotatable bonds is 9. The minimum Gasteiger partial charge on any atom is -0.316 e. The van der Waals surface area contributed by atoms with E-state index in [1.807, 2.05) is 0 Å². The van der Waals surface area contributed by atoms with Crippen LogP contribution in [0, 0.1) is 5.41 Å². The predicted molar refractivity (Wildman–Crippen MR) is 70.5 cm³/mol. The van der Waals surface area contributed by atoms with Crippen LogP contribution in [0.3, 0.4) is 0 Å². The van der Waals surface area contributed by atoms with Crippen LogP contribution in [0.1, 0.15) is 47.0 Å². The Morgan fingerprint density at radius 1 is 1.19 bits per heavy atom. The molecule has 0 aromatic carbocycles. The third-order valence-electron chi connectivity index (χ3n) is 2.78. The molecule has 16 heavy (non-hydrogen) atoms. The summed E-state index contributed by atoms with van der Waals surface area (Å²) in [6.07, 6.45) is 2.88. The monoisotopic (exact) mass is 249 g/mol. The van der Waals surface area contributed by atoms with Gasteiger partial charge in [-0.1, -0.05) is 27.7 Å². The van der Waals surface area contributed by atoms with E-state index in [0.717, 1.165) is 32.4 Å². The van der Waals surface area contributed by atoms with Crippen molar-refractivity contribution in [2.24, 2.45) is 5.41 Å². The fourth-order valence-corrected chi connectivity index (χ4v) is 2.48. The van der Waals surface area contributed by atoms with Crippen molar-refractivity contribution in [1.29, 1.82) is 0 Å². The van der Waals surface area contributed by atoms with E-state index >= 15 is 0 Å². The lowest BCUT2D eigenvalue weighted by Crippen LogP contribution is -2.30. The highest BCUT2D eigenvalue weighted by Gasteiger charge is 2.18. The Hall–Kier alpha value is -0.0900. The molecule has 0 radical (unpaired) electrons. The second-order valence-corrected chi connectivity index (χ2v) is 7.65. The van der Waals surface area contributed by atoms with Gasteiger partial charge in [0.05, 0.1) is 5.75 Å². The normalized spacial score (nSPS) is 13.0. The average Bonchev–Trinajstić information content (AvgIpc) is 2.17. The van der Waals surface area contributed by atoms with Crippen molar-refractivity contribution in [3.8, 4) is 0 Å². The molecule has 0 aromatic rings. The van der Waals surface area contributed by atoms with Crippen LogP contribution in [-0.2, 0) is 9.84 Å². The molecular formula is C12H27NO2S. The van der Waals surface area contributed by atoms with Gasteiger partial charge in [-0.05, 0) is 31.2 Å². The summed E-state index contributed by atoms with van der Waals surface area (Å²) < 4.78 is 22.7. The van der Waals surface area contributed by atoms with Crippen LogP contribution in [0.25, 0.3) is 0 Å². The van der Waals surface area contributed by atoms with E-state index in [2.05, 4.69) is 26.1 Å². The molecule has 0 bridgehead atoms. The quantitative estimate of drug-likeness (QED) is 0.637. The minimum atomic E-state index is -2.79. The smallest absolute Gasteiger partial charge is 0.150 e. The van der Waals surface area contributed by atoms with Crippen LogP contribution in [-0.4, -0.2) is 33.0 Å². The Bertz CT molecular complexity index is 271. The maximum Gasteiger partial charge on any atom is 0.150 e. The van der Waals surface area contributed by atoms with E-state index < -0.39 is 9.84 Å². The Morgan fingerprint density at radius 2 is 1.81 bits per heavy atom. The largest absolute Gasteiger partial charge is 0.316 e. The van der Waals surface area contributed by atoms with Gasteiger partial charge in [-0.15, -0.1) is 0 Å². The molecule has 3 nitrogen and oxygen atoms in total. The van der Waals surface area contributed by atoms with Crippen molar-refractivity contribution in [3.05, 3.63) is 0 Å². The summed E-state index contributed by atoms with van der Waals surface area (Å²) in [4.78, 5) is 0. The molecule has 98 valence electrons. The molecule has 0 spiro atoms. The van der Waals surface area contributed by atoms with Gasteiger partial charge in [-0.2, -0.15) is 0 Å². The van der Waals surface area contributed by atoms with Gasteiger partial charge in [0.15, 0.2) is 0 Å². The second-order valence-electron chi connectivity index (χ2n) is 5.18. The lowest BCUT2D eigenvalue weighted by molar-refractivity contribution is 0.312. The molecule has 4 heteroatoms. The molecule has 0 heterocycles. The molecule has 0 aromatic heterocycles.